The zero-order valence-electron chi connectivity index (χ0n) is 11.9. The van der Waals surface area contributed by atoms with Crippen molar-refractivity contribution in [3.05, 3.63) is 17.0 Å². The monoisotopic (exact) mass is 342 g/mol. The minimum Gasteiger partial charge on any atom is -0.374 e. The zero-order chi connectivity index (χ0) is 15.9. The van der Waals surface area contributed by atoms with Crippen molar-refractivity contribution in [3.63, 3.8) is 0 Å². The van der Waals surface area contributed by atoms with Crippen molar-refractivity contribution >= 4 is 21.4 Å². The largest absolute Gasteiger partial charge is 0.374 e. The Balaban J connectivity index is 2.43. The summed E-state index contributed by atoms with van der Waals surface area (Å²) < 4.78 is 54.7. The van der Waals surface area contributed by atoms with Gasteiger partial charge in [0.25, 0.3) is 6.43 Å². The van der Waals surface area contributed by atoms with Crippen LogP contribution in [0.3, 0.4) is 0 Å². The standard InChI is InChI=1S/C12H20F2N2O3S2/c1-9(2)15-7-10-3-4-12(20-10)21(17,18)16-5-6-19-8-11(13)14/h3-4,9,11,15-16H,5-8H2,1-2H3. The molecule has 0 aliphatic carbocycles. The zero-order valence-corrected chi connectivity index (χ0v) is 13.6. The molecule has 1 aromatic heterocycles. The third kappa shape index (κ3) is 7.28. The SMILES string of the molecule is CC(C)NCc1ccc(S(=O)(=O)NCCOCC(F)F)s1. The molecule has 1 aromatic rings. The Morgan fingerprint density at radius 1 is 1.33 bits per heavy atom. The van der Waals surface area contributed by atoms with E-state index >= 15 is 0 Å². The summed E-state index contributed by atoms with van der Waals surface area (Å²) in [6.07, 6.45) is -2.55. The molecule has 1 rings (SSSR count). The minimum absolute atomic E-state index is 0.0352. The van der Waals surface area contributed by atoms with Crippen LogP contribution < -0.4 is 10.0 Å². The highest BCUT2D eigenvalue weighted by molar-refractivity contribution is 7.91. The molecule has 0 atom stereocenters. The van der Waals surface area contributed by atoms with Gasteiger partial charge in [-0.2, -0.15) is 0 Å². The number of hydrogen-bond acceptors (Lipinski definition) is 5. The molecule has 0 amide bonds. The van der Waals surface area contributed by atoms with E-state index in [4.69, 9.17) is 0 Å². The van der Waals surface area contributed by atoms with Crippen LogP contribution in [-0.4, -0.2) is 40.6 Å². The summed E-state index contributed by atoms with van der Waals surface area (Å²) in [5.74, 6) is 0. The molecule has 0 spiro atoms. The highest BCUT2D eigenvalue weighted by atomic mass is 32.2. The van der Waals surface area contributed by atoms with Crippen LogP contribution in [0, 0.1) is 0 Å². The van der Waals surface area contributed by atoms with Crippen molar-refractivity contribution in [2.75, 3.05) is 19.8 Å². The smallest absolute Gasteiger partial charge is 0.261 e. The van der Waals surface area contributed by atoms with Crippen LogP contribution in [0.2, 0.25) is 0 Å². The van der Waals surface area contributed by atoms with Gasteiger partial charge in [-0.25, -0.2) is 21.9 Å². The third-order valence-corrected chi connectivity index (χ3v) is 5.41. The summed E-state index contributed by atoms with van der Waals surface area (Å²) in [4.78, 5) is 0.915. The fraction of sp³-hybridized carbons (Fsp3) is 0.667. The molecule has 5 nitrogen and oxygen atoms in total. The highest BCUT2D eigenvalue weighted by Gasteiger charge is 2.16. The molecule has 9 heteroatoms. The first-order chi connectivity index (χ1) is 9.81. The molecule has 21 heavy (non-hydrogen) atoms. The number of thiophene rings is 1. The summed E-state index contributed by atoms with van der Waals surface area (Å²) in [5, 5.41) is 3.20. The fourth-order valence-corrected chi connectivity index (χ4v) is 3.76. The van der Waals surface area contributed by atoms with Crippen molar-refractivity contribution in [2.45, 2.75) is 37.1 Å². The van der Waals surface area contributed by atoms with Gasteiger partial charge in [0.1, 0.15) is 10.8 Å². The molecular formula is C12H20F2N2O3S2. The van der Waals surface area contributed by atoms with Crippen LogP contribution in [0.5, 0.6) is 0 Å². The second-order valence-corrected chi connectivity index (χ2v) is 7.78. The van der Waals surface area contributed by atoms with Gasteiger partial charge in [-0.3, -0.25) is 0 Å². The second-order valence-electron chi connectivity index (χ2n) is 4.62. The quantitative estimate of drug-likeness (QED) is 0.637. The van der Waals surface area contributed by atoms with Crippen LogP contribution in [0.15, 0.2) is 16.3 Å². The molecule has 0 unspecified atom stereocenters. The summed E-state index contributed by atoms with van der Waals surface area (Å²) in [5.41, 5.74) is 0. The summed E-state index contributed by atoms with van der Waals surface area (Å²) >= 11 is 1.18. The summed E-state index contributed by atoms with van der Waals surface area (Å²) in [6.45, 7) is 3.81. The molecule has 122 valence electrons. The van der Waals surface area contributed by atoms with Crippen molar-refractivity contribution in [2.24, 2.45) is 0 Å². The lowest BCUT2D eigenvalue weighted by molar-refractivity contribution is 0.0199. The third-order valence-electron chi connectivity index (χ3n) is 2.37. The molecule has 0 radical (unpaired) electrons. The Kier molecular flexibility index (Phi) is 7.67. The van der Waals surface area contributed by atoms with E-state index in [9.17, 15) is 17.2 Å². The van der Waals surface area contributed by atoms with E-state index in [2.05, 4.69) is 14.8 Å². The first kappa shape index (κ1) is 18.4. The number of rotatable bonds is 10. The van der Waals surface area contributed by atoms with Gasteiger partial charge in [-0.1, -0.05) is 13.8 Å². The molecule has 0 aliphatic rings. The Hall–Kier alpha value is -0.610. The minimum atomic E-state index is -3.61. The van der Waals surface area contributed by atoms with Crippen molar-refractivity contribution in [1.29, 1.82) is 0 Å². The molecule has 0 fully saturated rings. The first-order valence-electron chi connectivity index (χ1n) is 6.49. The number of sulfonamides is 1. The average Bonchev–Trinajstić information content (AvgIpc) is 2.85. The van der Waals surface area contributed by atoms with E-state index in [0.29, 0.717) is 12.6 Å². The number of alkyl halides is 2. The number of nitrogens with one attached hydrogen (secondary N) is 2. The maximum Gasteiger partial charge on any atom is 0.261 e. The van der Waals surface area contributed by atoms with Gasteiger partial charge in [-0.15, -0.1) is 11.3 Å². The van der Waals surface area contributed by atoms with Crippen LogP contribution in [0.4, 0.5) is 8.78 Å². The number of hydrogen-bond donors (Lipinski definition) is 2. The molecule has 0 saturated carbocycles. The lowest BCUT2D eigenvalue weighted by Gasteiger charge is -2.06. The van der Waals surface area contributed by atoms with E-state index in [-0.39, 0.29) is 17.4 Å². The number of halogens is 2. The highest BCUT2D eigenvalue weighted by Crippen LogP contribution is 2.21. The van der Waals surface area contributed by atoms with Gasteiger partial charge in [0.05, 0.1) is 6.61 Å². The lowest BCUT2D eigenvalue weighted by atomic mass is 10.4. The van der Waals surface area contributed by atoms with Gasteiger partial charge >= 0.3 is 0 Å². The molecule has 0 bridgehead atoms. The van der Waals surface area contributed by atoms with Crippen LogP contribution in [0.25, 0.3) is 0 Å². The summed E-state index contributed by atoms with van der Waals surface area (Å²) in [6, 6.07) is 3.60. The van der Waals surface area contributed by atoms with Gasteiger partial charge in [0.15, 0.2) is 0 Å². The maximum atomic E-state index is 12.0. The normalized spacial score (nSPS) is 12.5. The molecular weight excluding hydrogens is 322 g/mol. The van der Waals surface area contributed by atoms with E-state index in [1.807, 2.05) is 13.8 Å². The Bertz CT molecular complexity index is 518. The molecule has 1 heterocycles. The predicted octanol–water partition coefficient (Wildman–Crippen LogP) is 1.81. The van der Waals surface area contributed by atoms with Crippen molar-refractivity contribution in [3.8, 4) is 0 Å². The fourth-order valence-electron chi connectivity index (χ4n) is 1.39. The Morgan fingerprint density at radius 2 is 2.05 bits per heavy atom. The van der Waals surface area contributed by atoms with Crippen LogP contribution in [-0.2, 0) is 21.3 Å². The van der Waals surface area contributed by atoms with Crippen molar-refractivity contribution in [1.82, 2.24) is 10.0 Å². The van der Waals surface area contributed by atoms with E-state index in [0.717, 1.165) is 4.88 Å². The average molecular weight is 342 g/mol. The van der Waals surface area contributed by atoms with E-state index in [1.165, 1.54) is 17.4 Å². The first-order valence-corrected chi connectivity index (χ1v) is 8.79. The van der Waals surface area contributed by atoms with Gasteiger partial charge in [-0.05, 0) is 12.1 Å². The maximum absolute atomic E-state index is 12.0. The van der Waals surface area contributed by atoms with Crippen molar-refractivity contribution < 1.29 is 21.9 Å². The van der Waals surface area contributed by atoms with Crippen LogP contribution >= 0.6 is 11.3 Å². The predicted molar refractivity (Wildman–Crippen MR) is 78.3 cm³/mol. The molecule has 2 N–H and O–H groups in total. The lowest BCUT2D eigenvalue weighted by Crippen LogP contribution is -2.27. The number of ether oxygens (including phenoxy) is 1. The topological polar surface area (TPSA) is 67.4 Å². The Morgan fingerprint density at radius 3 is 2.67 bits per heavy atom. The summed E-state index contributed by atoms with van der Waals surface area (Å²) in [7, 11) is -3.61. The molecule has 0 aromatic carbocycles. The van der Waals surface area contributed by atoms with E-state index < -0.39 is 23.1 Å². The van der Waals surface area contributed by atoms with Gasteiger partial charge < -0.3 is 10.1 Å². The van der Waals surface area contributed by atoms with E-state index in [1.54, 1.807) is 6.07 Å². The second kappa shape index (κ2) is 8.74. The molecule has 0 saturated heterocycles. The van der Waals surface area contributed by atoms with Gasteiger partial charge in [0, 0.05) is 24.0 Å². The Labute approximate surface area is 127 Å². The molecule has 0 aliphatic heterocycles. The van der Waals surface area contributed by atoms with Gasteiger partial charge in [0.2, 0.25) is 10.0 Å². The van der Waals surface area contributed by atoms with Crippen LogP contribution in [0.1, 0.15) is 18.7 Å².